The minimum atomic E-state index is -0.688. The molecule has 1 fully saturated rings. The quantitative estimate of drug-likeness (QED) is 0.612. The fourth-order valence-corrected chi connectivity index (χ4v) is 3.39. The first kappa shape index (κ1) is 18.1. The molecule has 2 rings (SSSR count). The molecule has 2 atom stereocenters. The Balaban J connectivity index is 1.88. The lowest BCUT2D eigenvalue weighted by Crippen LogP contribution is -2.39. The summed E-state index contributed by atoms with van der Waals surface area (Å²) in [5.41, 5.74) is 1.59. The molecule has 0 aliphatic heterocycles. The van der Waals surface area contributed by atoms with Gasteiger partial charge in [-0.2, -0.15) is 0 Å². The summed E-state index contributed by atoms with van der Waals surface area (Å²) in [7, 11) is 0. The molecule has 2 unspecified atom stereocenters. The SMILES string of the molecule is C=CCN(CC(O)CC(O)c1ccc(CO)cc1)C1CCCC1. The van der Waals surface area contributed by atoms with Gasteiger partial charge in [0.05, 0.1) is 18.8 Å². The number of rotatable bonds is 9. The van der Waals surface area contributed by atoms with E-state index in [9.17, 15) is 10.2 Å². The van der Waals surface area contributed by atoms with Gasteiger partial charge in [-0.25, -0.2) is 0 Å². The Hall–Kier alpha value is -1.20. The monoisotopic (exact) mass is 319 g/mol. The number of aliphatic hydroxyl groups is 3. The second kappa shape index (κ2) is 9.18. The molecule has 1 aliphatic rings. The molecule has 3 N–H and O–H groups in total. The van der Waals surface area contributed by atoms with Gasteiger partial charge in [0.25, 0.3) is 0 Å². The Bertz CT molecular complexity index is 468. The molecular formula is C19H29NO3. The van der Waals surface area contributed by atoms with Crippen LogP contribution >= 0.6 is 0 Å². The Morgan fingerprint density at radius 3 is 2.39 bits per heavy atom. The summed E-state index contributed by atoms with van der Waals surface area (Å²) < 4.78 is 0. The van der Waals surface area contributed by atoms with Gasteiger partial charge < -0.3 is 15.3 Å². The van der Waals surface area contributed by atoms with Gasteiger partial charge >= 0.3 is 0 Å². The maximum Gasteiger partial charge on any atom is 0.0815 e. The summed E-state index contributed by atoms with van der Waals surface area (Å²) >= 11 is 0. The molecule has 0 radical (unpaired) electrons. The first-order valence-electron chi connectivity index (χ1n) is 8.54. The van der Waals surface area contributed by atoms with Crippen LogP contribution < -0.4 is 0 Å². The third kappa shape index (κ3) is 5.43. The van der Waals surface area contributed by atoms with Gasteiger partial charge in [0.15, 0.2) is 0 Å². The lowest BCUT2D eigenvalue weighted by Gasteiger charge is -2.30. The van der Waals surface area contributed by atoms with E-state index in [1.165, 1.54) is 25.7 Å². The summed E-state index contributed by atoms with van der Waals surface area (Å²) in [6, 6.07) is 7.74. The van der Waals surface area contributed by atoms with E-state index in [-0.39, 0.29) is 6.61 Å². The van der Waals surface area contributed by atoms with Crippen LogP contribution in [-0.2, 0) is 6.61 Å². The Morgan fingerprint density at radius 1 is 1.17 bits per heavy atom. The zero-order chi connectivity index (χ0) is 16.7. The number of nitrogens with zero attached hydrogens (tertiary/aromatic N) is 1. The van der Waals surface area contributed by atoms with Gasteiger partial charge in [0.2, 0.25) is 0 Å². The minimum absolute atomic E-state index is 0.00307. The van der Waals surface area contributed by atoms with Gasteiger partial charge in [-0.15, -0.1) is 6.58 Å². The second-order valence-corrected chi connectivity index (χ2v) is 6.49. The van der Waals surface area contributed by atoms with Crippen molar-refractivity contribution in [3.63, 3.8) is 0 Å². The van der Waals surface area contributed by atoms with Crippen molar-refractivity contribution in [2.75, 3.05) is 13.1 Å². The predicted octanol–water partition coefficient (Wildman–Crippen LogP) is 2.39. The molecule has 4 heteroatoms. The van der Waals surface area contributed by atoms with Crippen molar-refractivity contribution in [1.29, 1.82) is 0 Å². The standard InChI is InChI=1S/C19H29NO3/c1-2-11-20(17-5-3-4-6-17)13-18(22)12-19(23)16-9-7-15(14-21)8-10-16/h2,7-10,17-19,21-23H,1,3-6,11-14H2. The van der Waals surface area contributed by atoms with Gasteiger partial charge in [-0.1, -0.05) is 43.2 Å². The van der Waals surface area contributed by atoms with Crippen molar-refractivity contribution in [2.24, 2.45) is 0 Å². The van der Waals surface area contributed by atoms with E-state index >= 15 is 0 Å². The Kier molecular flexibility index (Phi) is 7.24. The fourth-order valence-electron chi connectivity index (χ4n) is 3.39. The van der Waals surface area contributed by atoms with Gasteiger partial charge in [0, 0.05) is 25.6 Å². The molecule has 0 spiro atoms. The summed E-state index contributed by atoms with van der Waals surface area (Å²) in [4.78, 5) is 2.28. The molecule has 23 heavy (non-hydrogen) atoms. The predicted molar refractivity (Wildman–Crippen MR) is 92.0 cm³/mol. The highest BCUT2D eigenvalue weighted by molar-refractivity contribution is 5.23. The number of benzene rings is 1. The van der Waals surface area contributed by atoms with E-state index in [2.05, 4.69) is 11.5 Å². The molecular weight excluding hydrogens is 290 g/mol. The summed E-state index contributed by atoms with van der Waals surface area (Å²) in [6.45, 7) is 5.16. The molecule has 1 saturated carbocycles. The van der Waals surface area contributed by atoms with Crippen molar-refractivity contribution in [1.82, 2.24) is 4.90 Å². The molecule has 0 bridgehead atoms. The van der Waals surface area contributed by atoms with Crippen molar-refractivity contribution >= 4 is 0 Å². The largest absolute Gasteiger partial charge is 0.392 e. The van der Waals surface area contributed by atoms with Crippen molar-refractivity contribution in [2.45, 2.75) is 57.0 Å². The number of aliphatic hydroxyl groups excluding tert-OH is 3. The average molecular weight is 319 g/mol. The van der Waals surface area contributed by atoms with E-state index in [0.717, 1.165) is 17.7 Å². The molecule has 128 valence electrons. The molecule has 1 aliphatic carbocycles. The normalized spacial score (nSPS) is 18.3. The highest BCUT2D eigenvalue weighted by atomic mass is 16.3. The zero-order valence-electron chi connectivity index (χ0n) is 13.8. The molecule has 4 nitrogen and oxygen atoms in total. The second-order valence-electron chi connectivity index (χ2n) is 6.49. The molecule has 0 aromatic heterocycles. The van der Waals surface area contributed by atoms with Crippen LogP contribution in [0.2, 0.25) is 0 Å². The molecule has 0 heterocycles. The van der Waals surface area contributed by atoms with Gasteiger partial charge in [-0.3, -0.25) is 4.90 Å². The van der Waals surface area contributed by atoms with Gasteiger partial charge in [0.1, 0.15) is 0 Å². The van der Waals surface area contributed by atoms with Crippen LogP contribution in [0.4, 0.5) is 0 Å². The maximum atomic E-state index is 10.4. The van der Waals surface area contributed by atoms with Crippen LogP contribution in [0, 0.1) is 0 Å². The van der Waals surface area contributed by atoms with Crippen molar-refractivity contribution in [3.05, 3.63) is 48.0 Å². The van der Waals surface area contributed by atoms with E-state index in [1.54, 1.807) is 24.3 Å². The average Bonchev–Trinajstić information content (AvgIpc) is 3.09. The topological polar surface area (TPSA) is 63.9 Å². The van der Waals surface area contributed by atoms with E-state index in [0.29, 0.717) is 19.0 Å². The fraction of sp³-hybridized carbons (Fsp3) is 0.579. The van der Waals surface area contributed by atoms with Crippen LogP contribution in [0.3, 0.4) is 0 Å². The van der Waals surface area contributed by atoms with Crippen LogP contribution in [-0.4, -0.2) is 45.5 Å². The van der Waals surface area contributed by atoms with Crippen molar-refractivity contribution in [3.8, 4) is 0 Å². The molecule has 1 aromatic rings. The highest BCUT2D eigenvalue weighted by Crippen LogP contribution is 2.25. The number of hydrogen-bond acceptors (Lipinski definition) is 4. The minimum Gasteiger partial charge on any atom is -0.392 e. The Morgan fingerprint density at radius 2 is 1.83 bits per heavy atom. The third-order valence-corrected chi connectivity index (χ3v) is 4.69. The zero-order valence-corrected chi connectivity index (χ0v) is 13.8. The molecule has 0 amide bonds. The first-order chi connectivity index (χ1) is 11.1. The first-order valence-corrected chi connectivity index (χ1v) is 8.54. The third-order valence-electron chi connectivity index (χ3n) is 4.69. The van der Waals surface area contributed by atoms with E-state index in [1.807, 2.05) is 6.08 Å². The summed E-state index contributed by atoms with van der Waals surface area (Å²) in [5.74, 6) is 0. The summed E-state index contributed by atoms with van der Waals surface area (Å²) in [6.07, 6.45) is 5.84. The smallest absolute Gasteiger partial charge is 0.0815 e. The maximum absolute atomic E-state index is 10.4. The lowest BCUT2D eigenvalue weighted by atomic mass is 10.0. The highest BCUT2D eigenvalue weighted by Gasteiger charge is 2.24. The molecule has 0 saturated heterocycles. The van der Waals surface area contributed by atoms with Crippen LogP contribution in [0.25, 0.3) is 0 Å². The Labute approximate surface area is 139 Å². The lowest BCUT2D eigenvalue weighted by molar-refractivity contribution is 0.0457. The summed E-state index contributed by atoms with van der Waals surface area (Å²) in [5, 5.41) is 29.7. The van der Waals surface area contributed by atoms with Gasteiger partial charge in [-0.05, 0) is 24.0 Å². The van der Waals surface area contributed by atoms with E-state index in [4.69, 9.17) is 5.11 Å². The van der Waals surface area contributed by atoms with Crippen LogP contribution in [0.5, 0.6) is 0 Å². The number of hydrogen-bond donors (Lipinski definition) is 3. The van der Waals surface area contributed by atoms with Crippen molar-refractivity contribution < 1.29 is 15.3 Å². The van der Waals surface area contributed by atoms with Crippen LogP contribution in [0.15, 0.2) is 36.9 Å². The molecule has 1 aromatic carbocycles. The van der Waals surface area contributed by atoms with Crippen LogP contribution in [0.1, 0.15) is 49.3 Å². The van der Waals surface area contributed by atoms with E-state index < -0.39 is 12.2 Å².